The van der Waals surface area contributed by atoms with E-state index in [2.05, 4.69) is 9.71 Å². The lowest BCUT2D eigenvalue weighted by Gasteiger charge is -2.07. The van der Waals surface area contributed by atoms with E-state index in [9.17, 15) is 13.2 Å². The van der Waals surface area contributed by atoms with Gasteiger partial charge in [-0.05, 0) is 31.3 Å². The predicted molar refractivity (Wildman–Crippen MR) is 76.0 cm³/mol. The minimum absolute atomic E-state index is 0.0147. The molecule has 0 unspecified atom stereocenters. The lowest BCUT2D eigenvalue weighted by atomic mass is 10.2. The third-order valence-electron chi connectivity index (χ3n) is 2.74. The Kier molecular flexibility index (Phi) is 4.66. The maximum absolute atomic E-state index is 11.9. The predicted octanol–water partition coefficient (Wildman–Crippen LogP) is 1.35. The molecule has 1 aromatic carbocycles. The van der Waals surface area contributed by atoms with Crippen LogP contribution in [0.4, 0.5) is 0 Å². The first kappa shape index (κ1) is 15.1. The molecule has 2 rings (SSSR count). The average Bonchev–Trinajstić information content (AvgIpc) is 2.53. The van der Waals surface area contributed by atoms with Gasteiger partial charge in [0.1, 0.15) is 6.61 Å². The molecule has 0 aliphatic carbocycles. The van der Waals surface area contributed by atoms with Gasteiger partial charge in [0.2, 0.25) is 10.0 Å². The minimum atomic E-state index is -3.59. The Morgan fingerprint density at radius 2 is 2.10 bits per heavy atom. The van der Waals surface area contributed by atoms with Crippen LogP contribution in [0.3, 0.4) is 0 Å². The van der Waals surface area contributed by atoms with Crippen LogP contribution in [-0.4, -0.2) is 26.4 Å². The number of nitrogens with one attached hydrogen (secondary N) is 1. The molecule has 0 amide bonds. The van der Waals surface area contributed by atoms with E-state index in [0.717, 1.165) is 5.56 Å². The third kappa shape index (κ3) is 3.87. The molecule has 0 radical (unpaired) electrons. The zero-order valence-electron chi connectivity index (χ0n) is 11.3. The molecular formula is C14H14N2O4S. The van der Waals surface area contributed by atoms with Crippen LogP contribution in [-0.2, 0) is 21.4 Å². The van der Waals surface area contributed by atoms with Gasteiger partial charge in [0.15, 0.2) is 0 Å². The Bertz CT molecular complexity index is 730. The number of ether oxygens (including phenoxy) is 1. The fraction of sp³-hybridized carbons (Fsp3) is 0.143. The highest BCUT2D eigenvalue weighted by molar-refractivity contribution is 7.89. The number of rotatable bonds is 5. The van der Waals surface area contributed by atoms with Gasteiger partial charge in [-0.1, -0.05) is 12.1 Å². The molecule has 2 aromatic rings. The number of carbonyl (C=O) groups excluding carboxylic acids is 1. The van der Waals surface area contributed by atoms with Crippen molar-refractivity contribution in [3.63, 3.8) is 0 Å². The van der Waals surface area contributed by atoms with Crippen LogP contribution in [0.25, 0.3) is 0 Å². The quantitative estimate of drug-likeness (QED) is 0.843. The molecule has 0 bridgehead atoms. The summed E-state index contributed by atoms with van der Waals surface area (Å²) in [5.41, 5.74) is 0.931. The lowest BCUT2D eigenvalue weighted by molar-refractivity contribution is 0.0472. The van der Waals surface area contributed by atoms with Crippen molar-refractivity contribution in [2.24, 2.45) is 0 Å². The summed E-state index contributed by atoms with van der Waals surface area (Å²) >= 11 is 0. The zero-order chi connectivity index (χ0) is 15.3. The van der Waals surface area contributed by atoms with Crippen LogP contribution in [0.2, 0.25) is 0 Å². The SMILES string of the molecule is CNS(=O)(=O)c1cccc(C(=O)OCc2cccnc2)c1. The number of carbonyl (C=O) groups is 1. The van der Waals surface area contributed by atoms with E-state index in [1.54, 1.807) is 24.5 Å². The van der Waals surface area contributed by atoms with E-state index >= 15 is 0 Å². The first-order valence-electron chi connectivity index (χ1n) is 6.12. The second-order valence-electron chi connectivity index (χ2n) is 4.17. The molecule has 0 aliphatic rings. The van der Waals surface area contributed by atoms with Gasteiger partial charge < -0.3 is 4.74 Å². The third-order valence-corrected chi connectivity index (χ3v) is 4.15. The Labute approximate surface area is 122 Å². The van der Waals surface area contributed by atoms with Crippen molar-refractivity contribution in [1.82, 2.24) is 9.71 Å². The first-order chi connectivity index (χ1) is 10.0. The minimum Gasteiger partial charge on any atom is -0.457 e. The average molecular weight is 306 g/mol. The van der Waals surface area contributed by atoms with Crippen molar-refractivity contribution in [2.75, 3.05) is 7.05 Å². The second kappa shape index (κ2) is 6.47. The highest BCUT2D eigenvalue weighted by Crippen LogP contribution is 2.12. The van der Waals surface area contributed by atoms with Crippen molar-refractivity contribution in [1.29, 1.82) is 0 Å². The fourth-order valence-corrected chi connectivity index (χ4v) is 2.40. The van der Waals surface area contributed by atoms with E-state index < -0.39 is 16.0 Å². The Morgan fingerprint density at radius 1 is 1.29 bits per heavy atom. The maximum atomic E-state index is 11.9. The van der Waals surface area contributed by atoms with Crippen LogP contribution in [0.5, 0.6) is 0 Å². The summed E-state index contributed by atoms with van der Waals surface area (Å²) in [7, 11) is -2.28. The van der Waals surface area contributed by atoms with Crippen LogP contribution < -0.4 is 4.72 Å². The molecule has 21 heavy (non-hydrogen) atoms. The van der Waals surface area contributed by atoms with E-state index in [1.807, 2.05) is 0 Å². The molecule has 0 atom stereocenters. The van der Waals surface area contributed by atoms with Crippen molar-refractivity contribution in [3.8, 4) is 0 Å². The normalized spacial score (nSPS) is 11.1. The highest BCUT2D eigenvalue weighted by atomic mass is 32.2. The summed E-state index contributed by atoms with van der Waals surface area (Å²) in [6, 6.07) is 9.19. The number of pyridine rings is 1. The maximum Gasteiger partial charge on any atom is 0.338 e. The summed E-state index contributed by atoms with van der Waals surface area (Å²) in [6.07, 6.45) is 3.21. The van der Waals surface area contributed by atoms with E-state index in [-0.39, 0.29) is 17.1 Å². The molecule has 6 nitrogen and oxygen atoms in total. The fourth-order valence-electron chi connectivity index (χ4n) is 1.62. The van der Waals surface area contributed by atoms with Crippen molar-refractivity contribution in [2.45, 2.75) is 11.5 Å². The number of esters is 1. The Hall–Kier alpha value is -2.25. The molecule has 1 heterocycles. The molecule has 110 valence electrons. The standard InChI is InChI=1S/C14H14N2O4S/c1-15-21(18,19)13-6-2-5-12(8-13)14(17)20-10-11-4-3-7-16-9-11/h2-9,15H,10H2,1H3. The van der Waals surface area contributed by atoms with E-state index in [1.165, 1.54) is 31.3 Å². The van der Waals surface area contributed by atoms with Gasteiger partial charge in [0, 0.05) is 18.0 Å². The van der Waals surface area contributed by atoms with Crippen LogP contribution in [0, 0.1) is 0 Å². The molecule has 0 aliphatic heterocycles. The van der Waals surface area contributed by atoms with Crippen LogP contribution in [0.15, 0.2) is 53.7 Å². The number of aromatic nitrogens is 1. The molecule has 1 N–H and O–H groups in total. The zero-order valence-corrected chi connectivity index (χ0v) is 12.1. The number of benzene rings is 1. The Balaban J connectivity index is 2.11. The first-order valence-corrected chi connectivity index (χ1v) is 7.61. The Morgan fingerprint density at radius 3 is 2.76 bits per heavy atom. The van der Waals surface area contributed by atoms with Gasteiger partial charge >= 0.3 is 5.97 Å². The van der Waals surface area contributed by atoms with Crippen molar-refractivity contribution < 1.29 is 17.9 Å². The molecule has 0 spiro atoms. The van der Waals surface area contributed by atoms with Gasteiger partial charge in [-0.15, -0.1) is 0 Å². The largest absolute Gasteiger partial charge is 0.457 e. The van der Waals surface area contributed by atoms with Crippen molar-refractivity contribution in [3.05, 3.63) is 59.9 Å². The van der Waals surface area contributed by atoms with Gasteiger partial charge in [0.25, 0.3) is 0 Å². The van der Waals surface area contributed by atoms with Gasteiger partial charge in [-0.2, -0.15) is 0 Å². The van der Waals surface area contributed by atoms with Crippen LogP contribution >= 0.6 is 0 Å². The van der Waals surface area contributed by atoms with Gasteiger partial charge in [0.05, 0.1) is 10.5 Å². The van der Waals surface area contributed by atoms with Crippen LogP contribution in [0.1, 0.15) is 15.9 Å². The molecule has 0 saturated heterocycles. The second-order valence-corrected chi connectivity index (χ2v) is 6.06. The summed E-state index contributed by atoms with van der Waals surface area (Å²) < 4.78 is 30.7. The molecule has 0 fully saturated rings. The molecule has 7 heteroatoms. The molecule has 0 saturated carbocycles. The van der Waals surface area contributed by atoms with E-state index in [4.69, 9.17) is 4.74 Å². The number of hydrogen-bond acceptors (Lipinski definition) is 5. The summed E-state index contributed by atoms with van der Waals surface area (Å²) in [4.78, 5) is 15.9. The van der Waals surface area contributed by atoms with Gasteiger partial charge in [-0.3, -0.25) is 4.98 Å². The number of sulfonamides is 1. The summed E-state index contributed by atoms with van der Waals surface area (Å²) in [5.74, 6) is -0.591. The van der Waals surface area contributed by atoms with Gasteiger partial charge in [-0.25, -0.2) is 17.9 Å². The molecular weight excluding hydrogens is 292 g/mol. The highest BCUT2D eigenvalue weighted by Gasteiger charge is 2.15. The monoisotopic (exact) mass is 306 g/mol. The number of hydrogen-bond donors (Lipinski definition) is 1. The molecule has 1 aromatic heterocycles. The number of nitrogens with zero attached hydrogens (tertiary/aromatic N) is 1. The lowest BCUT2D eigenvalue weighted by Crippen LogP contribution is -2.19. The smallest absolute Gasteiger partial charge is 0.338 e. The van der Waals surface area contributed by atoms with E-state index in [0.29, 0.717) is 0 Å². The summed E-state index contributed by atoms with van der Waals surface area (Å²) in [6.45, 7) is 0.0790. The van der Waals surface area contributed by atoms with Crippen molar-refractivity contribution >= 4 is 16.0 Å². The summed E-state index contributed by atoms with van der Waals surface area (Å²) in [5, 5.41) is 0. The topological polar surface area (TPSA) is 85.4 Å².